The van der Waals surface area contributed by atoms with E-state index in [1.54, 1.807) is 18.7 Å². The average Bonchev–Trinajstić information content (AvgIpc) is 3.32. The fourth-order valence-corrected chi connectivity index (χ4v) is 5.15. The molecule has 176 valence electrons. The summed E-state index contributed by atoms with van der Waals surface area (Å²) in [6, 6.07) is 11.8. The third-order valence-corrected chi connectivity index (χ3v) is 6.55. The molecule has 1 aromatic carbocycles. The summed E-state index contributed by atoms with van der Waals surface area (Å²) in [6.07, 6.45) is -4.18. The lowest BCUT2D eigenvalue weighted by molar-refractivity contribution is -0.141. The molecule has 0 spiro atoms. The minimum Gasteiger partial charge on any atom is -0.359 e. The summed E-state index contributed by atoms with van der Waals surface area (Å²) in [6.45, 7) is 3.52. The van der Waals surface area contributed by atoms with Crippen LogP contribution in [0.3, 0.4) is 0 Å². The number of nitrogens with two attached hydrogens (primary N) is 2. The number of hydrogen-bond donors (Lipinski definition) is 2. The maximum Gasteiger partial charge on any atom is 0.433 e. The van der Waals surface area contributed by atoms with Gasteiger partial charge in [0.15, 0.2) is 5.76 Å². The highest BCUT2D eigenvalue weighted by molar-refractivity contribution is 8.04. The van der Waals surface area contributed by atoms with Gasteiger partial charge in [-0.2, -0.15) is 13.2 Å². The maximum absolute atomic E-state index is 13.0. The minimum atomic E-state index is -4.54. The van der Waals surface area contributed by atoms with Crippen molar-refractivity contribution in [3.63, 3.8) is 0 Å². The van der Waals surface area contributed by atoms with Crippen molar-refractivity contribution in [3.05, 3.63) is 70.8 Å². The molecule has 8 nitrogen and oxygen atoms in total. The Morgan fingerprint density at radius 1 is 1.03 bits per heavy atom. The highest BCUT2D eigenvalue weighted by Gasteiger charge is 2.43. The molecule has 0 bridgehead atoms. The van der Waals surface area contributed by atoms with Crippen LogP contribution in [-0.2, 0) is 6.18 Å². The largest absolute Gasteiger partial charge is 0.433 e. The van der Waals surface area contributed by atoms with Crippen LogP contribution in [0, 0.1) is 6.92 Å². The molecular weight excluding hydrogens is 467 g/mol. The van der Waals surface area contributed by atoms with Gasteiger partial charge in [0, 0.05) is 5.56 Å². The van der Waals surface area contributed by atoms with Gasteiger partial charge in [-0.05, 0) is 26.0 Å². The molecular formula is C22H20F3N7OS. The van der Waals surface area contributed by atoms with Crippen molar-refractivity contribution in [2.45, 2.75) is 31.7 Å². The number of aliphatic imine (C=N–C) groups is 1. The van der Waals surface area contributed by atoms with E-state index in [1.807, 2.05) is 35.2 Å². The molecule has 0 saturated heterocycles. The van der Waals surface area contributed by atoms with E-state index in [2.05, 4.69) is 15.1 Å². The van der Waals surface area contributed by atoms with Crippen LogP contribution in [0.1, 0.15) is 18.4 Å². The molecule has 12 heteroatoms. The highest BCUT2D eigenvalue weighted by Crippen LogP contribution is 2.47. The van der Waals surface area contributed by atoms with Crippen LogP contribution < -0.4 is 21.3 Å². The average molecular weight is 488 g/mol. The van der Waals surface area contributed by atoms with Crippen LogP contribution in [-0.4, -0.2) is 27.6 Å². The predicted octanol–water partition coefficient (Wildman–Crippen LogP) is 4.25. The summed E-state index contributed by atoms with van der Waals surface area (Å²) in [5.74, 6) is 1.06. The van der Waals surface area contributed by atoms with Crippen molar-refractivity contribution in [2.24, 2.45) is 16.5 Å². The smallest absolute Gasteiger partial charge is 0.359 e. The van der Waals surface area contributed by atoms with Crippen LogP contribution in [0.5, 0.6) is 0 Å². The molecule has 0 saturated carbocycles. The maximum atomic E-state index is 13.0. The highest BCUT2D eigenvalue weighted by atomic mass is 32.2. The zero-order valence-corrected chi connectivity index (χ0v) is 18.9. The number of hydrogen-bond acceptors (Lipinski definition) is 9. The lowest BCUT2D eigenvalue weighted by Gasteiger charge is -2.37. The fourth-order valence-electron chi connectivity index (χ4n) is 4.07. The van der Waals surface area contributed by atoms with Gasteiger partial charge in [0.05, 0.1) is 17.6 Å². The summed E-state index contributed by atoms with van der Waals surface area (Å²) >= 11 is 1.33. The Hall–Kier alpha value is -3.35. The van der Waals surface area contributed by atoms with E-state index in [-0.39, 0.29) is 0 Å². The SMILES string of the molecule is CC1=NC2=C(C(N)N1c1ccc(C(F)(F)F)nc1)N(c1c(-c3ccccc3)noc1C)C(N)S2. The van der Waals surface area contributed by atoms with Crippen molar-refractivity contribution in [2.75, 3.05) is 9.80 Å². The number of alkyl halides is 3. The molecule has 2 aromatic heterocycles. The van der Waals surface area contributed by atoms with Gasteiger partial charge in [0.1, 0.15) is 39.6 Å². The number of pyridine rings is 1. The van der Waals surface area contributed by atoms with Crippen LogP contribution in [0.2, 0.25) is 0 Å². The van der Waals surface area contributed by atoms with Crippen LogP contribution >= 0.6 is 11.8 Å². The van der Waals surface area contributed by atoms with Crippen molar-refractivity contribution < 1.29 is 17.7 Å². The van der Waals surface area contributed by atoms with E-state index in [4.69, 9.17) is 16.0 Å². The first-order chi connectivity index (χ1) is 16.2. The normalized spacial score (nSPS) is 20.6. The summed E-state index contributed by atoms with van der Waals surface area (Å²) in [5.41, 5.74) is 14.7. The van der Waals surface area contributed by atoms with Crippen molar-refractivity contribution >= 4 is 29.0 Å². The fraction of sp³-hybridized carbons (Fsp3) is 0.227. The van der Waals surface area contributed by atoms with E-state index >= 15 is 0 Å². The third kappa shape index (κ3) is 3.63. The van der Waals surface area contributed by atoms with Gasteiger partial charge < -0.3 is 25.8 Å². The van der Waals surface area contributed by atoms with Crippen LogP contribution in [0.4, 0.5) is 24.5 Å². The second-order valence-corrected chi connectivity index (χ2v) is 8.85. The second kappa shape index (κ2) is 8.15. The zero-order valence-electron chi connectivity index (χ0n) is 18.1. The van der Waals surface area contributed by atoms with E-state index in [1.165, 1.54) is 17.8 Å². The van der Waals surface area contributed by atoms with Crippen molar-refractivity contribution in [1.82, 2.24) is 10.1 Å². The monoisotopic (exact) mass is 487 g/mol. The van der Waals surface area contributed by atoms with Crippen molar-refractivity contribution in [1.29, 1.82) is 0 Å². The molecule has 2 aliphatic heterocycles. The Morgan fingerprint density at radius 2 is 1.76 bits per heavy atom. The number of rotatable bonds is 3. The Balaban J connectivity index is 1.57. The minimum absolute atomic E-state index is 0.379. The van der Waals surface area contributed by atoms with Gasteiger partial charge >= 0.3 is 6.18 Å². The number of aromatic nitrogens is 2. The zero-order chi connectivity index (χ0) is 24.2. The Kier molecular flexibility index (Phi) is 5.38. The molecule has 0 amide bonds. The molecule has 3 aromatic rings. The Labute approximate surface area is 197 Å². The molecule has 5 rings (SSSR count). The molecule has 2 aliphatic rings. The van der Waals surface area contributed by atoms with Crippen LogP contribution in [0.15, 0.2) is 68.9 Å². The Bertz CT molecular complexity index is 1290. The number of aryl methyl sites for hydroxylation is 1. The lowest BCUT2D eigenvalue weighted by atomic mass is 10.1. The quantitative estimate of drug-likeness (QED) is 0.564. The van der Waals surface area contributed by atoms with Gasteiger partial charge in [-0.3, -0.25) is 0 Å². The number of benzene rings is 1. The summed E-state index contributed by atoms with van der Waals surface area (Å²) in [5, 5.41) is 4.87. The summed E-state index contributed by atoms with van der Waals surface area (Å²) < 4.78 is 44.5. The first-order valence-corrected chi connectivity index (χ1v) is 11.2. The third-order valence-electron chi connectivity index (χ3n) is 5.57. The number of thioether (sulfide) groups is 1. The molecule has 0 radical (unpaired) electrons. The number of anilines is 2. The van der Waals surface area contributed by atoms with E-state index < -0.39 is 23.5 Å². The van der Waals surface area contributed by atoms with Gasteiger partial charge in [0.25, 0.3) is 0 Å². The number of halogens is 3. The second-order valence-electron chi connectivity index (χ2n) is 7.74. The molecule has 0 aliphatic carbocycles. The van der Waals surface area contributed by atoms with Crippen LogP contribution in [0.25, 0.3) is 11.3 Å². The molecule has 34 heavy (non-hydrogen) atoms. The summed E-state index contributed by atoms with van der Waals surface area (Å²) in [4.78, 5) is 11.7. The van der Waals surface area contributed by atoms with Gasteiger partial charge in [0.2, 0.25) is 0 Å². The first-order valence-electron chi connectivity index (χ1n) is 10.3. The first kappa shape index (κ1) is 22.4. The summed E-state index contributed by atoms with van der Waals surface area (Å²) in [7, 11) is 0. The molecule has 2 atom stereocenters. The molecule has 0 fully saturated rings. The van der Waals surface area contributed by atoms with Gasteiger partial charge in [-0.15, -0.1) is 0 Å². The standard InChI is InChI=1S/C22H20F3N7OS/c1-11-17(16(30-33-11)13-6-4-3-5-7-13)32-18-19(26)31(12(2)29-20(18)34-21(32)27)14-8-9-15(28-10-14)22(23,24)25/h3-10,19,21H,26-27H2,1-2H3. The molecule has 2 unspecified atom stereocenters. The number of nitrogens with zero attached hydrogens (tertiary/aromatic N) is 5. The van der Waals surface area contributed by atoms with Gasteiger partial charge in [-0.25, -0.2) is 9.98 Å². The molecule has 4 N–H and O–H groups in total. The van der Waals surface area contributed by atoms with E-state index in [0.29, 0.717) is 39.4 Å². The lowest BCUT2D eigenvalue weighted by Crippen LogP contribution is -2.53. The number of amidine groups is 1. The van der Waals surface area contributed by atoms with E-state index in [9.17, 15) is 13.2 Å². The predicted molar refractivity (Wildman–Crippen MR) is 125 cm³/mol. The van der Waals surface area contributed by atoms with Crippen molar-refractivity contribution in [3.8, 4) is 11.3 Å². The topological polar surface area (TPSA) is 110 Å². The van der Waals surface area contributed by atoms with Gasteiger partial charge in [-0.1, -0.05) is 47.3 Å². The Morgan fingerprint density at radius 3 is 2.41 bits per heavy atom. The van der Waals surface area contributed by atoms with E-state index in [0.717, 1.165) is 17.8 Å². The molecule has 4 heterocycles.